The SMILES string of the molecule is C[C@H]1CN(c2ccc(NC(=O)CC3(C(=O)O)CCCC3)cc2F)C[C@H](C)O1. The fourth-order valence-electron chi connectivity index (χ4n) is 4.25. The molecule has 7 heteroatoms. The Morgan fingerprint density at radius 3 is 2.44 bits per heavy atom. The number of rotatable bonds is 5. The first-order chi connectivity index (χ1) is 12.8. The number of halogens is 1. The summed E-state index contributed by atoms with van der Waals surface area (Å²) in [5, 5.41) is 12.1. The summed E-state index contributed by atoms with van der Waals surface area (Å²) in [4.78, 5) is 25.9. The van der Waals surface area contributed by atoms with Crippen LogP contribution in [0, 0.1) is 11.2 Å². The third-order valence-corrected chi connectivity index (χ3v) is 5.51. The lowest BCUT2D eigenvalue weighted by atomic mass is 9.82. The number of aliphatic carboxylic acids is 1. The van der Waals surface area contributed by atoms with E-state index in [0.717, 1.165) is 12.8 Å². The molecule has 0 bridgehead atoms. The van der Waals surface area contributed by atoms with E-state index in [1.807, 2.05) is 18.7 Å². The Kier molecular flexibility index (Phi) is 5.69. The normalized spacial score (nSPS) is 24.6. The maximum Gasteiger partial charge on any atom is 0.310 e. The van der Waals surface area contributed by atoms with Crippen LogP contribution < -0.4 is 10.2 Å². The van der Waals surface area contributed by atoms with Crippen LogP contribution in [0.5, 0.6) is 0 Å². The van der Waals surface area contributed by atoms with Crippen LogP contribution in [0.3, 0.4) is 0 Å². The molecule has 1 heterocycles. The van der Waals surface area contributed by atoms with E-state index in [9.17, 15) is 19.1 Å². The summed E-state index contributed by atoms with van der Waals surface area (Å²) in [6, 6.07) is 4.60. The van der Waals surface area contributed by atoms with E-state index >= 15 is 0 Å². The van der Waals surface area contributed by atoms with Gasteiger partial charge in [-0.25, -0.2) is 4.39 Å². The predicted molar refractivity (Wildman–Crippen MR) is 100 cm³/mol. The molecule has 1 saturated carbocycles. The second-order valence-electron chi connectivity index (χ2n) is 7.85. The van der Waals surface area contributed by atoms with Crippen LogP contribution in [-0.4, -0.2) is 42.3 Å². The van der Waals surface area contributed by atoms with Crippen molar-refractivity contribution in [3.05, 3.63) is 24.0 Å². The number of carbonyl (C=O) groups is 2. The number of ether oxygens (including phenoxy) is 1. The van der Waals surface area contributed by atoms with Gasteiger partial charge in [0, 0.05) is 25.2 Å². The standard InChI is InChI=1S/C20H27FN2O4/c1-13-11-23(12-14(2)27-13)17-6-5-15(9-16(17)21)22-18(24)10-20(19(25)26)7-3-4-8-20/h5-6,9,13-14H,3-4,7-8,10-12H2,1-2H3,(H,22,24)(H,25,26)/t13-,14-/m0/s1. The Labute approximate surface area is 158 Å². The summed E-state index contributed by atoms with van der Waals surface area (Å²) >= 11 is 0. The molecular weight excluding hydrogens is 351 g/mol. The van der Waals surface area contributed by atoms with E-state index in [2.05, 4.69) is 5.32 Å². The molecule has 27 heavy (non-hydrogen) atoms. The third kappa shape index (κ3) is 4.40. The Morgan fingerprint density at radius 1 is 1.26 bits per heavy atom. The molecule has 6 nitrogen and oxygen atoms in total. The summed E-state index contributed by atoms with van der Waals surface area (Å²) in [6.07, 6.45) is 2.62. The van der Waals surface area contributed by atoms with E-state index < -0.39 is 17.2 Å². The molecule has 1 amide bonds. The lowest BCUT2D eigenvalue weighted by Crippen LogP contribution is -2.45. The van der Waals surface area contributed by atoms with Crippen molar-refractivity contribution >= 4 is 23.3 Å². The Bertz CT molecular complexity index is 708. The summed E-state index contributed by atoms with van der Waals surface area (Å²) < 4.78 is 20.3. The molecule has 2 atom stereocenters. The quantitative estimate of drug-likeness (QED) is 0.821. The van der Waals surface area contributed by atoms with E-state index in [1.165, 1.54) is 6.07 Å². The first-order valence-electron chi connectivity index (χ1n) is 9.52. The fraction of sp³-hybridized carbons (Fsp3) is 0.600. The van der Waals surface area contributed by atoms with Crippen molar-refractivity contribution in [2.75, 3.05) is 23.3 Å². The number of nitrogens with zero attached hydrogens (tertiary/aromatic N) is 1. The highest BCUT2D eigenvalue weighted by Crippen LogP contribution is 2.41. The molecule has 2 N–H and O–H groups in total. The van der Waals surface area contributed by atoms with E-state index in [-0.39, 0.29) is 24.5 Å². The molecule has 3 rings (SSSR count). The van der Waals surface area contributed by atoms with Crippen molar-refractivity contribution in [3.63, 3.8) is 0 Å². The predicted octanol–water partition coefficient (Wildman–Crippen LogP) is 3.41. The monoisotopic (exact) mass is 378 g/mol. The number of carbonyl (C=O) groups excluding carboxylic acids is 1. The maximum absolute atomic E-state index is 14.6. The van der Waals surface area contributed by atoms with Crippen LogP contribution in [0.2, 0.25) is 0 Å². The lowest BCUT2D eigenvalue weighted by Gasteiger charge is -2.37. The lowest BCUT2D eigenvalue weighted by molar-refractivity contribution is -0.150. The molecule has 1 aromatic carbocycles. The smallest absolute Gasteiger partial charge is 0.310 e. The van der Waals surface area contributed by atoms with Crippen LogP contribution in [-0.2, 0) is 14.3 Å². The van der Waals surface area contributed by atoms with E-state index in [1.54, 1.807) is 12.1 Å². The van der Waals surface area contributed by atoms with Gasteiger partial charge in [0.25, 0.3) is 0 Å². The largest absolute Gasteiger partial charge is 0.481 e. The second kappa shape index (κ2) is 7.84. The number of benzene rings is 1. The molecule has 0 unspecified atom stereocenters. The van der Waals surface area contributed by atoms with Gasteiger partial charge in [-0.05, 0) is 44.9 Å². The second-order valence-corrected chi connectivity index (χ2v) is 7.85. The summed E-state index contributed by atoms with van der Waals surface area (Å²) in [5.41, 5.74) is -0.162. The van der Waals surface area contributed by atoms with Crippen molar-refractivity contribution in [2.24, 2.45) is 5.41 Å². The van der Waals surface area contributed by atoms with Crippen LogP contribution in [0.4, 0.5) is 15.8 Å². The number of carboxylic acids is 1. The minimum absolute atomic E-state index is 0.0196. The van der Waals surface area contributed by atoms with Gasteiger partial charge in [-0.2, -0.15) is 0 Å². The average molecular weight is 378 g/mol. The maximum atomic E-state index is 14.6. The van der Waals surface area contributed by atoms with Crippen LogP contribution in [0.1, 0.15) is 46.0 Å². The molecule has 1 aliphatic heterocycles. The van der Waals surface area contributed by atoms with Gasteiger partial charge in [0.05, 0.1) is 23.3 Å². The molecule has 0 radical (unpaired) electrons. The molecule has 0 spiro atoms. The Morgan fingerprint density at radius 2 is 1.89 bits per heavy atom. The zero-order valence-corrected chi connectivity index (χ0v) is 15.8. The highest BCUT2D eigenvalue weighted by molar-refractivity contribution is 5.94. The average Bonchev–Trinajstić information content (AvgIpc) is 3.03. The summed E-state index contributed by atoms with van der Waals surface area (Å²) in [5.74, 6) is -1.73. The number of hydrogen-bond donors (Lipinski definition) is 2. The highest BCUT2D eigenvalue weighted by Gasteiger charge is 2.43. The van der Waals surface area contributed by atoms with Gasteiger partial charge in [0.1, 0.15) is 5.82 Å². The number of nitrogens with one attached hydrogen (secondary N) is 1. The molecule has 148 valence electrons. The van der Waals surface area contributed by atoms with Crippen molar-refractivity contribution < 1.29 is 23.8 Å². The first-order valence-corrected chi connectivity index (χ1v) is 9.52. The van der Waals surface area contributed by atoms with Crippen molar-refractivity contribution in [2.45, 2.75) is 58.2 Å². The number of hydrogen-bond acceptors (Lipinski definition) is 4. The molecule has 2 aliphatic rings. The Balaban J connectivity index is 1.67. The highest BCUT2D eigenvalue weighted by atomic mass is 19.1. The number of morpholine rings is 1. The molecular formula is C20H27FN2O4. The van der Waals surface area contributed by atoms with Crippen LogP contribution >= 0.6 is 0 Å². The molecule has 1 aliphatic carbocycles. The van der Waals surface area contributed by atoms with Gasteiger partial charge in [0.2, 0.25) is 5.91 Å². The number of carboxylic acid groups (broad SMARTS) is 1. The molecule has 2 fully saturated rings. The van der Waals surface area contributed by atoms with Gasteiger partial charge in [-0.3, -0.25) is 9.59 Å². The topological polar surface area (TPSA) is 78.9 Å². The third-order valence-electron chi connectivity index (χ3n) is 5.51. The van der Waals surface area contributed by atoms with Crippen LogP contribution in [0.25, 0.3) is 0 Å². The molecule has 0 aromatic heterocycles. The van der Waals surface area contributed by atoms with E-state index in [4.69, 9.17) is 4.74 Å². The molecule has 1 aromatic rings. The summed E-state index contributed by atoms with van der Waals surface area (Å²) in [6.45, 7) is 5.12. The van der Waals surface area contributed by atoms with Gasteiger partial charge in [-0.15, -0.1) is 0 Å². The summed E-state index contributed by atoms with van der Waals surface area (Å²) in [7, 11) is 0. The molecule has 1 saturated heterocycles. The zero-order chi connectivity index (χ0) is 19.6. The van der Waals surface area contributed by atoms with Crippen molar-refractivity contribution in [3.8, 4) is 0 Å². The van der Waals surface area contributed by atoms with Gasteiger partial charge in [-0.1, -0.05) is 12.8 Å². The van der Waals surface area contributed by atoms with Gasteiger partial charge in [0.15, 0.2) is 0 Å². The van der Waals surface area contributed by atoms with E-state index in [0.29, 0.717) is 37.3 Å². The number of anilines is 2. The minimum atomic E-state index is -0.983. The fourth-order valence-corrected chi connectivity index (χ4v) is 4.25. The minimum Gasteiger partial charge on any atom is -0.481 e. The Hall–Kier alpha value is -2.15. The van der Waals surface area contributed by atoms with Gasteiger partial charge < -0.3 is 20.1 Å². The zero-order valence-electron chi connectivity index (χ0n) is 15.8. The van der Waals surface area contributed by atoms with Gasteiger partial charge >= 0.3 is 5.97 Å². The first kappa shape index (κ1) is 19.6. The number of amides is 1. The van der Waals surface area contributed by atoms with Crippen molar-refractivity contribution in [1.29, 1.82) is 0 Å². The van der Waals surface area contributed by atoms with Crippen LogP contribution in [0.15, 0.2) is 18.2 Å². The van der Waals surface area contributed by atoms with Crippen molar-refractivity contribution in [1.82, 2.24) is 0 Å².